The number of hydrogen-bond donors (Lipinski definition) is 1. The molecule has 1 N–H and O–H groups in total. The van der Waals surface area contributed by atoms with Crippen LogP contribution in [-0.2, 0) is 0 Å². The van der Waals surface area contributed by atoms with Crippen LogP contribution in [0.3, 0.4) is 0 Å². The second-order valence-corrected chi connectivity index (χ2v) is 10.4. The van der Waals surface area contributed by atoms with Gasteiger partial charge in [-0.3, -0.25) is 0 Å². The molecule has 41 heavy (non-hydrogen) atoms. The van der Waals surface area contributed by atoms with Crippen LogP contribution in [0.15, 0.2) is 140 Å². The second kappa shape index (κ2) is 12.5. The molecule has 204 valence electrons. The Kier molecular flexibility index (Phi) is 8.47. The van der Waals surface area contributed by atoms with Crippen molar-refractivity contribution < 1.29 is 9.84 Å². The van der Waals surface area contributed by atoms with Gasteiger partial charge in [-0.25, -0.2) is 0 Å². The Morgan fingerprint density at radius 3 is 1.61 bits per heavy atom. The fraction of sp³-hybridized carbons (Fsp3) is 0.105. The highest BCUT2D eigenvalue weighted by atomic mass is 16.6. The summed E-state index contributed by atoms with van der Waals surface area (Å²) >= 11 is 0. The summed E-state index contributed by atoms with van der Waals surface area (Å²) in [6, 6.07) is 44.1. The summed E-state index contributed by atoms with van der Waals surface area (Å²) in [5.41, 5.74) is 10.7. The van der Waals surface area contributed by atoms with Crippen molar-refractivity contribution in [2.75, 3.05) is 4.90 Å². The van der Waals surface area contributed by atoms with E-state index in [0.29, 0.717) is 11.3 Å². The number of aliphatic hydroxyl groups is 1. The summed E-state index contributed by atoms with van der Waals surface area (Å²) in [5, 5.41) is 10.0. The number of hydrogen-bond acceptors (Lipinski definition) is 3. The topological polar surface area (TPSA) is 32.7 Å². The molecule has 0 spiro atoms. The first-order valence-corrected chi connectivity index (χ1v) is 13.8. The highest BCUT2D eigenvalue weighted by molar-refractivity contribution is 5.92. The van der Waals surface area contributed by atoms with E-state index in [1.54, 1.807) is 6.92 Å². The van der Waals surface area contributed by atoms with Crippen molar-refractivity contribution in [2.24, 2.45) is 0 Å². The Hall–Kier alpha value is -4.86. The van der Waals surface area contributed by atoms with E-state index in [1.165, 1.54) is 11.1 Å². The minimum Gasteiger partial charge on any atom is -0.461 e. The highest BCUT2D eigenvalue weighted by Crippen LogP contribution is 2.35. The predicted octanol–water partition coefficient (Wildman–Crippen LogP) is 9.64. The third kappa shape index (κ3) is 6.84. The molecule has 0 radical (unpaired) electrons. The molecule has 1 atom stereocenters. The number of aryl methyl sites for hydroxylation is 2. The van der Waals surface area contributed by atoms with Crippen molar-refractivity contribution in [1.29, 1.82) is 0 Å². The first kappa shape index (κ1) is 27.7. The Balaban J connectivity index is 1.50. The first-order chi connectivity index (χ1) is 19.9. The molecule has 3 heteroatoms. The second-order valence-electron chi connectivity index (χ2n) is 10.4. The molecule has 3 nitrogen and oxygen atoms in total. The Bertz CT molecular complexity index is 1570. The standard InChI is InChI=1S/C38H35NO2/c1-27(2)38(40)41-36-24-16-32(17-25-36)37(31-8-6-5-7-9-31)26-30-14-22-35(23-15-30)39(33-18-10-28(3)11-19-33)34-20-12-29(4)13-21-34/h5-26,38,40H,1H2,2-4H3. The molecule has 1 unspecified atom stereocenters. The van der Waals surface area contributed by atoms with Crippen LogP contribution in [0, 0.1) is 13.8 Å². The van der Waals surface area contributed by atoms with Crippen LogP contribution < -0.4 is 9.64 Å². The van der Waals surface area contributed by atoms with Crippen molar-refractivity contribution in [3.8, 4) is 5.75 Å². The lowest BCUT2D eigenvalue weighted by atomic mass is 9.95. The van der Waals surface area contributed by atoms with Gasteiger partial charge in [0.2, 0.25) is 6.29 Å². The molecule has 0 aliphatic carbocycles. The SMILES string of the molecule is C=C(C)C(O)Oc1ccc(C(=Cc2ccc(N(c3ccc(C)cc3)c3ccc(C)cc3)cc2)c2ccccc2)cc1. The van der Waals surface area contributed by atoms with E-state index in [2.05, 4.69) is 116 Å². The van der Waals surface area contributed by atoms with Crippen molar-refractivity contribution in [3.63, 3.8) is 0 Å². The Morgan fingerprint density at radius 2 is 1.12 bits per heavy atom. The highest BCUT2D eigenvalue weighted by Gasteiger charge is 2.13. The molecule has 5 aromatic rings. The smallest absolute Gasteiger partial charge is 0.219 e. The van der Waals surface area contributed by atoms with Gasteiger partial charge in [0.05, 0.1) is 0 Å². The predicted molar refractivity (Wildman–Crippen MR) is 172 cm³/mol. The lowest BCUT2D eigenvalue weighted by Gasteiger charge is -2.26. The number of aliphatic hydroxyl groups excluding tert-OH is 1. The summed E-state index contributed by atoms with van der Waals surface area (Å²) in [7, 11) is 0. The van der Waals surface area contributed by atoms with E-state index in [-0.39, 0.29) is 0 Å². The van der Waals surface area contributed by atoms with Crippen LogP contribution in [0.25, 0.3) is 11.6 Å². The van der Waals surface area contributed by atoms with E-state index in [0.717, 1.165) is 39.3 Å². The third-order valence-electron chi connectivity index (χ3n) is 6.97. The Labute approximate surface area is 243 Å². The average Bonchev–Trinajstić information content (AvgIpc) is 2.99. The van der Waals surface area contributed by atoms with Crippen LogP contribution >= 0.6 is 0 Å². The maximum absolute atomic E-state index is 10.0. The molecule has 0 amide bonds. The van der Waals surface area contributed by atoms with Gasteiger partial charge in [-0.05, 0) is 103 Å². The van der Waals surface area contributed by atoms with Gasteiger partial charge in [0, 0.05) is 17.1 Å². The molecule has 0 aromatic heterocycles. The van der Waals surface area contributed by atoms with E-state index in [1.807, 2.05) is 42.5 Å². The number of benzene rings is 5. The normalized spacial score (nSPS) is 12.0. The third-order valence-corrected chi connectivity index (χ3v) is 6.97. The summed E-state index contributed by atoms with van der Waals surface area (Å²) in [6.45, 7) is 9.71. The first-order valence-electron chi connectivity index (χ1n) is 13.8. The molecule has 0 saturated carbocycles. The van der Waals surface area contributed by atoms with E-state index in [4.69, 9.17) is 4.74 Å². The fourth-order valence-electron chi connectivity index (χ4n) is 4.61. The molecule has 5 aromatic carbocycles. The van der Waals surface area contributed by atoms with Crippen molar-refractivity contribution in [2.45, 2.75) is 27.1 Å². The van der Waals surface area contributed by atoms with Gasteiger partial charge >= 0.3 is 0 Å². The van der Waals surface area contributed by atoms with Crippen LogP contribution in [0.5, 0.6) is 5.75 Å². The molecule has 0 heterocycles. The zero-order valence-electron chi connectivity index (χ0n) is 23.8. The Morgan fingerprint density at radius 1 is 0.659 bits per heavy atom. The minimum absolute atomic E-state index is 0.561. The molecular weight excluding hydrogens is 502 g/mol. The minimum atomic E-state index is -1.03. The lowest BCUT2D eigenvalue weighted by Crippen LogP contribution is -2.15. The molecule has 0 fully saturated rings. The molecule has 5 rings (SSSR count). The lowest BCUT2D eigenvalue weighted by molar-refractivity contribution is 0.0151. The van der Waals surface area contributed by atoms with Crippen molar-refractivity contribution in [1.82, 2.24) is 0 Å². The summed E-state index contributed by atoms with van der Waals surface area (Å²) in [6.07, 6.45) is 1.18. The maximum Gasteiger partial charge on any atom is 0.219 e. The van der Waals surface area contributed by atoms with E-state index in [9.17, 15) is 5.11 Å². The zero-order chi connectivity index (χ0) is 28.8. The zero-order valence-corrected chi connectivity index (χ0v) is 23.8. The van der Waals surface area contributed by atoms with Crippen molar-refractivity contribution in [3.05, 3.63) is 167 Å². The van der Waals surface area contributed by atoms with Gasteiger partial charge in [0.15, 0.2) is 0 Å². The number of rotatable bonds is 9. The summed E-state index contributed by atoms with van der Waals surface area (Å²) < 4.78 is 5.59. The van der Waals surface area contributed by atoms with Crippen molar-refractivity contribution >= 4 is 28.7 Å². The molecule has 0 saturated heterocycles. The van der Waals surface area contributed by atoms with Gasteiger partial charge in [-0.2, -0.15) is 0 Å². The molecular formula is C38H35NO2. The number of ether oxygens (including phenoxy) is 1. The van der Waals surface area contributed by atoms with Crippen LogP contribution in [0.2, 0.25) is 0 Å². The van der Waals surface area contributed by atoms with Gasteiger partial charge in [0.1, 0.15) is 5.75 Å². The van der Waals surface area contributed by atoms with E-state index >= 15 is 0 Å². The van der Waals surface area contributed by atoms with Gasteiger partial charge in [0.25, 0.3) is 0 Å². The molecule has 0 aliphatic heterocycles. The summed E-state index contributed by atoms with van der Waals surface area (Å²) in [4.78, 5) is 2.28. The van der Waals surface area contributed by atoms with Gasteiger partial charge in [-0.15, -0.1) is 0 Å². The van der Waals surface area contributed by atoms with Crippen LogP contribution in [0.4, 0.5) is 17.1 Å². The monoisotopic (exact) mass is 537 g/mol. The van der Waals surface area contributed by atoms with Crippen LogP contribution in [-0.4, -0.2) is 11.4 Å². The van der Waals surface area contributed by atoms with E-state index < -0.39 is 6.29 Å². The number of anilines is 3. The quantitative estimate of drug-likeness (QED) is 0.115. The summed E-state index contributed by atoms with van der Waals surface area (Å²) in [5.74, 6) is 0.591. The fourth-order valence-corrected chi connectivity index (χ4v) is 4.61. The van der Waals surface area contributed by atoms with Gasteiger partial charge < -0.3 is 14.7 Å². The number of nitrogens with zero attached hydrogens (tertiary/aromatic N) is 1. The average molecular weight is 538 g/mol. The molecule has 0 aliphatic rings. The maximum atomic E-state index is 10.0. The van der Waals surface area contributed by atoms with Gasteiger partial charge in [-0.1, -0.05) is 96.6 Å². The van der Waals surface area contributed by atoms with Crippen LogP contribution in [0.1, 0.15) is 34.7 Å². The largest absolute Gasteiger partial charge is 0.461 e. The molecule has 0 bridgehead atoms.